The van der Waals surface area contributed by atoms with Crippen LogP contribution in [0.4, 0.5) is 5.69 Å². The molecule has 1 aliphatic rings. The summed E-state index contributed by atoms with van der Waals surface area (Å²) in [6, 6.07) is 4.93. The predicted octanol–water partition coefficient (Wildman–Crippen LogP) is 3.13. The van der Waals surface area contributed by atoms with E-state index in [1.165, 1.54) is 6.07 Å². The van der Waals surface area contributed by atoms with Gasteiger partial charge in [-0.25, -0.2) is 4.79 Å². The molecule has 0 radical (unpaired) electrons. The maximum atomic E-state index is 10.8. The molecule has 1 saturated heterocycles. The molecule has 1 aromatic carbocycles. The van der Waals surface area contributed by atoms with E-state index in [1.807, 2.05) is 0 Å². The number of carboxylic acids is 1. The van der Waals surface area contributed by atoms with Gasteiger partial charge in [0.25, 0.3) is 0 Å². The number of anilines is 1. The van der Waals surface area contributed by atoms with Gasteiger partial charge in [0, 0.05) is 13.1 Å². The highest BCUT2D eigenvalue weighted by molar-refractivity contribution is 6.33. The summed E-state index contributed by atoms with van der Waals surface area (Å²) in [4.78, 5) is 13.0. The Balaban J connectivity index is 2.26. The smallest absolute Gasteiger partial charge is 0.335 e. The van der Waals surface area contributed by atoms with Crippen LogP contribution in [0.3, 0.4) is 0 Å². The molecule has 2 unspecified atom stereocenters. The van der Waals surface area contributed by atoms with Crippen molar-refractivity contribution in [2.45, 2.75) is 13.8 Å². The lowest BCUT2D eigenvalue weighted by atomic mass is 10.0. The van der Waals surface area contributed by atoms with Crippen LogP contribution in [-0.2, 0) is 0 Å². The molecule has 1 N–H and O–H groups in total. The Bertz CT molecular complexity index is 437. The first-order chi connectivity index (χ1) is 7.99. The fraction of sp³-hybridized carbons (Fsp3) is 0.462. The number of nitrogens with zero attached hydrogens (tertiary/aromatic N) is 1. The van der Waals surface area contributed by atoms with Crippen molar-refractivity contribution >= 4 is 23.3 Å². The normalized spacial score (nSPS) is 24.1. The highest BCUT2D eigenvalue weighted by Gasteiger charge is 2.27. The highest BCUT2D eigenvalue weighted by Crippen LogP contribution is 2.33. The number of rotatable bonds is 2. The molecule has 2 atom stereocenters. The third-order valence-corrected chi connectivity index (χ3v) is 3.83. The number of hydrogen-bond acceptors (Lipinski definition) is 2. The third-order valence-electron chi connectivity index (χ3n) is 3.52. The van der Waals surface area contributed by atoms with E-state index in [2.05, 4.69) is 18.7 Å². The minimum absolute atomic E-state index is 0.235. The molecule has 0 aliphatic carbocycles. The summed E-state index contributed by atoms with van der Waals surface area (Å²) >= 11 is 6.14. The standard InChI is InChI=1S/C13H16ClNO2/c1-8-6-15(7-9(8)2)12-4-3-10(13(16)17)5-11(12)14/h3-5,8-9H,6-7H2,1-2H3,(H,16,17). The number of carboxylic acid groups (broad SMARTS) is 1. The molecule has 0 bridgehead atoms. The Hall–Kier alpha value is -1.22. The van der Waals surface area contributed by atoms with Crippen molar-refractivity contribution in [1.82, 2.24) is 0 Å². The van der Waals surface area contributed by atoms with Crippen LogP contribution in [-0.4, -0.2) is 24.2 Å². The second kappa shape index (κ2) is 4.57. The number of halogens is 1. The third kappa shape index (κ3) is 2.39. The first-order valence-corrected chi connectivity index (χ1v) is 6.14. The molecule has 4 heteroatoms. The lowest BCUT2D eigenvalue weighted by Crippen LogP contribution is -2.20. The Morgan fingerprint density at radius 1 is 1.35 bits per heavy atom. The first-order valence-electron chi connectivity index (χ1n) is 5.77. The fourth-order valence-corrected chi connectivity index (χ4v) is 2.52. The molecule has 0 saturated carbocycles. The summed E-state index contributed by atoms with van der Waals surface area (Å²) in [5, 5.41) is 9.40. The Morgan fingerprint density at radius 3 is 2.41 bits per heavy atom. The van der Waals surface area contributed by atoms with Gasteiger partial charge in [0.1, 0.15) is 0 Å². The molecule has 3 nitrogen and oxygen atoms in total. The average molecular weight is 254 g/mol. The summed E-state index contributed by atoms with van der Waals surface area (Å²) < 4.78 is 0. The molecular weight excluding hydrogens is 238 g/mol. The van der Waals surface area contributed by atoms with Gasteiger partial charge >= 0.3 is 5.97 Å². The molecule has 0 amide bonds. The average Bonchev–Trinajstić information content (AvgIpc) is 2.58. The topological polar surface area (TPSA) is 40.5 Å². The molecule has 0 spiro atoms. The van der Waals surface area contributed by atoms with Gasteiger partial charge in [0.2, 0.25) is 0 Å². The summed E-state index contributed by atoms with van der Waals surface area (Å²) in [6.07, 6.45) is 0. The quantitative estimate of drug-likeness (QED) is 0.880. The number of benzene rings is 1. The van der Waals surface area contributed by atoms with Crippen LogP contribution in [0.5, 0.6) is 0 Å². The van der Waals surface area contributed by atoms with E-state index in [1.54, 1.807) is 12.1 Å². The van der Waals surface area contributed by atoms with Crippen molar-refractivity contribution in [2.24, 2.45) is 11.8 Å². The maximum Gasteiger partial charge on any atom is 0.335 e. The Morgan fingerprint density at radius 2 is 1.94 bits per heavy atom. The van der Waals surface area contributed by atoms with Crippen molar-refractivity contribution in [3.05, 3.63) is 28.8 Å². The van der Waals surface area contributed by atoms with Crippen LogP contribution in [0.2, 0.25) is 5.02 Å². The molecule has 2 rings (SSSR count). The number of aromatic carboxylic acids is 1. The highest BCUT2D eigenvalue weighted by atomic mass is 35.5. The monoisotopic (exact) mass is 253 g/mol. The van der Waals surface area contributed by atoms with E-state index in [4.69, 9.17) is 16.7 Å². The minimum atomic E-state index is -0.943. The van der Waals surface area contributed by atoms with Gasteiger partial charge in [-0.15, -0.1) is 0 Å². The summed E-state index contributed by atoms with van der Waals surface area (Å²) in [5.74, 6) is 0.344. The summed E-state index contributed by atoms with van der Waals surface area (Å²) in [6.45, 7) is 6.41. The van der Waals surface area contributed by atoms with Crippen LogP contribution in [0.25, 0.3) is 0 Å². The molecule has 1 fully saturated rings. The van der Waals surface area contributed by atoms with Crippen molar-refractivity contribution in [1.29, 1.82) is 0 Å². The SMILES string of the molecule is CC1CN(c2ccc(C(=O)O)cc2Cl)CC1C. The van der Waals surface area contributed by atoms with E-state index in [0.717, 1.165) is 18.8 Å². The van der Waals surface area contributed by atoms with Crippen LogP contribution >= 0.6 is 11.6 Å². The van der Waals surface area contributed by atoms with Crippen LogP contribution in [0.15, 0.2) is 18.2 Å². The predicted molar refractivity (Wildman–Crippen MR) is 69.0 cm³/mol. The zero-order valence-corrected chi connectivity index (χ0v) is 10.7. The van der Waals surface area contributed by atoms with E-state index >= 15 is 0 Å². The van der Waals surface area contributed by atoms with Crippen molar-refractivity contribution in [3.63, 3.8) is 0 Å². The molecule has 1 heterocycles. The van der Waals surface area contributed by atoms with E-state index in [0.29, 0.717) is 16.9 Å². The van der Waals surface area contributed by atoms with Crippen LogP contribution in [0, 0.1) is 11.8 Å². The molecular formula is C13H16ClNO2. The number of carbonyl (C=O) groups is 1. The van der Waals surface area contributed by atoms with E-state index < -0.39 is 5.97 Å². The molecule has 1 aromatic rings. The van der Waals surface area contributed by atoms with Gasteiger partial charge in [0.15, 0.2) is 0 Å². The van der Waals surface area contributed by atoms with Crippen molar-refractivity contribution in [2.75, 3.05) is 18.0 Å². The van der Waals surface area contributed by atoms with Gasteiger partial charge in [0.05, 0.1) is 16.3 Å². The summed E-state index contributed by atoms with van der Waals surface area (Å²) in [7, 11) is 0. The lowest BCUT2D eigenvalue weighted by Gasteiger charge is -2.20. The van der Waals surface area contributed by atoms with Crippen LogP contribution < -0.4 is 4.90 Å². The molecule has 17 heavy (non-hydrogen) atoms. The van der Waals surface area contributed by atoms with Gasteiger partial charge in [-0.05, 0) is 30.0 Å². The van der Waals surface area contributed by atoms with Crippen molar-refractivity contribution in [3.8, 4) is 0 Å². The summed E-state index contributed by atoms with van der Waals surface area (Å²) in [5.41, 5.74) is 1.17. The number of hydrogen-bond donors (Lipinski definition) is 1. The lowest BCUT2D eigenvalue weighted by molar-refractivity contribution is 0.0697. The van der Waals surface area contributed by atoms with Gasteiger partial charge in [-0.3, -0.25) is 0 Å². The Kier molecular flexibility index (Phi) is 3.29. The van der Waals surface area contributed by atoms with Crippen molar-refractivity contribution < 1.29 is 9.90 Å². The second-order valence-electron chi connectivity index (χ2n) is 4.83. The van der Waals surface area contributed by atoms with E-state index in [-0.39, 0.29) is 5.56 Å². The van der Waals surface area contributed by atoms with Gasteiger partial charge < -0.3 is 10.0 Å². The van der Waals surface area contributed by atoms with Gasteiger partial charge in [-0.1, -0.05) is 25.4 Å². The Labute approximate surface area is 106 Å². The first kappa shape index (κ1) is 12.2. The maximum absolute atomic E-state index is 10.8. The van der Waals surface area contributed by atoms with Crippen LogP contribution in [0.1, 0.15) is 24.2 Å². The molecule has 0 aromatic heterocycles. The second-order valence-corrected chi connectivity index (χ2v) is 5.24. The van der Waals surface area contributed by atoms with Gasteiger partial charge in [-0.2, -0.15) is 0 Å². The fourth-order valence-electron chi connectivity index (χ4n) is 2.22. The largest absolute Gasteiger partial charge is 0.478 e. The minimum Gasteiger partial charge on any atom is -0.478 e. The van der Waals surface area contributed by atoms with E-state index in [9.17, 15) is 4.79 Å². The zero-order chi connectivity index (χ0) is 12.6. The zero-order valence-electron chi connectivity index (χ0n) is 9.98. The molecule has 1 aliphatic heterocycles. The molecule has 92 valence electrons.